The minimum atomic E-state index is -0.100. The summed E-state index contributed by atoms with van der Waals surface area (Å²) < 4.78 is 0. The lowest BCUT2D eigenvalue weighted by atomic mass is 10.1. The van der Waals surface area contributed by atoms with E-state index in [-0.39, 0.29) is 18.2 Å². The lowest BCUT2D eigenvalue weighted by Crippen LogP contribution is -2.32. The molecule has 4 nitrogen and oxygen atoms in total. The van der Waals surface area contributed by atoms with Crippen LogP contribution >= 0.6 is 0 Å². The van der Waals surface area contributed by atoms with Crippen molar-refractivity contribution in [1.29, 1.82) is 0 Å². The summed E-state index contributed by atoms with van der Waals surface area (Å²) in [5.74, 6) is -0.165. The first kappa shape index (κ1) is 17.7. The third kappa shape index (κ3) is 4.69. The van der Waals surface area contributed by atoms with Crippen molar-refractivity contribution in [2.75, 3.05) is 16.8 Å². The van der Waals surface area contributed by atoms with Gasteiger partial charge < -0.3 is 10.2 Å². The third-order valence-electron chi connectivity index (χ3n) is 3.89. The second-order valence-electron chi connectivity index (χ2n) is 6.13. The first-order chi connectivity index (χ1) is 11.4. The van der Waals surface area contributed by atoms with E-state index in [1.54, 1.807) is 4.90 Å². The molecule has 1 N–H and O–H groups in total. The molecule has 0 fully saturated rings. The molecule has 2 rings (SSSR count). The molecule has 0 saturated carbocycles. The molecule has 0 aliphatic rings. The van der Waals surface area contributed by atoms with Crippen molar-refractivity contribution in [3.63, 3.8) is 0 Å². The van der Waals surface area contributed by atoms with Crippen LogP contribution in [0, 0.1) is 20.8 Å². The quantitative estimate of drug-likeness (QED) is 0.904. The highest BCUT2D eigenvalue weighted by Crippen LogP contribution is 2.22. The van der Waals surface area contributed by atoms with E-state index < -0.39 is 0 Å². The number of hydrogen-bond donors (Lipinski definition) is 1. The highest BCUT2D eigenvalue weighted by Gasteiger charge is 2.15. The molecule has 2 aromatic rings. The molecule has 24 heavy (non-hydrogen) atoms. The Morgan fingerprint density at radius 2 is 1.71 bits per heavy atom. The van der Waals surface area contributed by atoms with E-state index in [2.05, 4.69) is 5.32 Å². The van der Waals surface area contributed by atoms with Gasteiger partial charge in [0.1, 0.15) is 0 Å². The molecule has 0 spiro atoms. The van der Waals surface area contributed by atoms with Crippen LogP contribution in [0.1, 0.15) is 30.0 Å². The Labute approximate surface area is 143 Å². The average molecular weight is 324 g/mol. The van der Waals surface area contributed by atoms with E-state index in [0.717, 1.165) is 28.1 Å². The number of nitrogens with zero attached hydrogens (tertiary/aromatic N) is 1. The van der Waals surface area contributed by atoms with Gasteiger partial charge in [-0.15, -0.1) is 0 Å². The fraction of sp³-hybridized carbons (Fsp3) is 0.300. The van der Waals surface area contributed by atoms with Crippen molar-refractivity contribution in [2.24, 2.45) is 0 Å². The van der Waals surface area contributed by atoms with Gasteiger partial charge in [0.25, 0.3) is 0 Å². The summed E-state index contributed by atoms with van der Waals surface area (Å²) in [6.45, 7) is 7.86. The molecule has 0 heterocycles. The number of rotatable bonds is 5. The smallest absolute Gasteiger partial charge is 0.226 e. The molecule has 2 amide bonds. The van der Waals surface area contributed by atoms with Crippen molar-refractivity contribution in [1.82, 2.24) is 0 Å². The van der Waals surface area contributed by atoms with Crippen LogP contribution in [-0.4, -0.2) is 18.4 Å². The van der Waals surface area contributed by atoms with Crippen molar-refractivity contribution in [3.05, 3.63) is 59.2 Å². The van der Waals surface area contributed by atoms with E-state index >= 15 is 0 Å². The molecule has 0 aromatic heterocycles. The normalized spacial score (nSPS) is 10.3. The highest BCUT2D eigenvalue weighted by atomic mass is 16.2. The number of hydrogen-bond acceptors (Lipinski definition) is 2. The van der Waals surface area contributed by atoms with Gasteiger partial charge in [0.15, 0.2) is 0 Å². The lowest BCUT2D eigenvalue weighted by Gasteiger charge is -2.23. The molecule has 0 atom stereocenters. The van der Waals surface area contributed by atoms with Crippen LogP contribution in [0.15, 0.2) is 42.5 Å². The number of amides is 2. The number of anilines is 2. The maximum absolute atomic E-state index is 12.2. The van der Waals surface area contributed by atoms with Crippen molar-refractivity contribution in [3.8, 4) is 0 Å². The van der Waals surface area contributed by atoms with Gasteiger partial charge in [0.2, 0.25) is 11.8 Å². The zero-order chi connectivity index (χ0) is 17.7. The van der Waals surface area contributed by atoms with Gasteiger partial charge >= 0.3 is 0 Å². The largest absolute Gasteiger partial charge is 0.326 e. The Bertz CT molecular complexity index is 753. The van der Waals surface area contributed by atoms with E-state index in [1.165, 1.54) is 6.92 Å². The third-order valence-corrected chi connectivity index (χ3v) is 3.89. The molecule has 0 radical (unpaired) electrons. The molecule has 4 heteroatoms. The van der Waals surface area contributed by atoms with Crippen LogP contribution in [0.2, 0.25) is 0 Å². The number of aryl methyl sites for hydroxylation is 3. The number of carbonyl (C=O) groups is 2. The predicted molar refractivity (Wildman–Crippen MR) is 98.4 cm³/mol. The fourth-order valence-electron chi connectivity index (χ4n) is 2.72. The molecule has 0 bridgehead atoms. The molecule has 126 valence electrons. The molecule has 0 aliphatic heterocycles. The minimum absolute atomic E-state index is 0.0645. The van der Waals surface area contributed by atoms with Crippen LogP contribution in [0.25, 0.3) is 0 Å². The maximum Gasteiger partial charge on any atom is 0.226 e. The zero-order valence-corrected chi connectivity index (χ0v) is 14.7. The van der Waals surface area contributed by atoms with Crippen LogP contribution in [0.4, 0.5) is 11.4 Å². The summed E-state index contributed by atoms with van der Waals surface area (Å²) in [6.07, 6.45) is 0.251. The van der Waals surface area contributed by atoms with Crippen molar-refractivity contribution < 1.29 is 9.59 Å². The van der Waals surface area contributed by atoms with Gasteiger partial charge in [0.05, 0.1) is 0 Å². The first-order valence-corrected chi connectivity index (χ1v) is 8.08. The zero-order valence-electron chi connectivity index (χ0n) is 14.7. The van der Waals surface area contributed by atoms with Gasteiger partial charge in [-0.1, -0.05) is 29.8 Å². The first-order valence-electron chi connectivity index (χ1n) is 8.08. The highest BCUT2D eigenvalue weighted by molar-refractivity contribution is 5.95. The Morgan fingerprint density at radius 1 is 1.00 bits per heavy atom. The van der Waals surface area contributed by atoms with Gasteiger partial charge in [-0.2, -0.15) is 0 Å². The maximum atomic E-state index is 12.2. The summed E-state index contributed by atoms with van der Waals surface area (Å²) in [4.78, 5) is 25.8. The topological polar surface area (TPSA) is 49.4 Å². The van der Waals surface area contributed by atoms with Crippen LogP contribution < -0.4 is 10.2 Å². The Morgan fingerprint density at radius 3 is 2.33 bits per heavy atom. The lowest BCUT2D eigenvalue weighted by molar-refractivity contribution is -0.117. The number of benzene rings is 2. The van der Waals surface area contributed by atoms with E-state index in [9.17, 15) is 9.59 Å². The summed E-state index contributed by atoms with van der Waals surface area (Å²) in [7, 11) is 0. The fourth-order valence-corrected chi connectivity index (χ4v) is 2.72. The number of carbonyl (C=O) groups excluding carboxylic acids is 2. The molecule has 0 aliphatic carbocycles. The molecule has 0 saturated heterocycles. The Hall–Kier alpha value is -2.62. The molecular weight excluding hydrogens is 300 g/mol. The van der Waals surface area contributed by atoms with Gasteiger partial charge in [-0.25, -0.2) is 0 Å². The number of nitrogens with one attached hydrogen (secondary N) is 1. The summed E-state index contributed by atoms with van der Waals surface area (Å²) in [6, 6.07) is 13.6. The summed E-state index contributed by atoms with van der Waals surface area (Å²) >= 11 is 0. The molecule has 0 unspecified atom stereocenters. The summed E-state index contributed by atoms with van der Waals surface area (Å²) in [5.41, 5.74) is 4.91. The average Bonchev–Trinajstić information content (AvgIpc) is 2.49. The molecule has 2 aromatic carbocycles. The Balaban J connectivity index is 2.03. The minimum Gasteiger partial charge on any atom is -0.326 e. The van der Waals surface area contributed by atoms with Crippen LogP contribution in [0.5, 0.6) is 0 Å². The monoisotopic (exact) mass is 324 g/mol. The van der Waals surface area contributed by atoms with Crippen LogP contribution in [0.3, 0.4) is 0 Å². The standard InChI is InChI=1S/C20H24N2O2/c1-14-6-5-7-18(13-14)21-20(24)10-11-22(17(4)23)19-9-8-15(2)12-16(19)3/h5-9,12-13H,10-11H2,1-4H3,(H,21,24). The second-order valence-corrected chi connectivity index (χ2v) is 6.13. The predicted octanol–water partition coefficient (Wildman–Crippen LogP) is 3.99. The summed E-state index contributed by atoms with van der Waals surface area (Å²) in [5, 5.41) is 2.88. The van der Waals surface area contributed by atoms with Crippen LogP contribution in [-0.2, 0) is 9.59 Å². The van der Waals surface area contributed by atoms with E-state index in [4.69, 9.17) is 0 Å². The Kier molecular flexibility index (Phi) is 5.74. The van der Waals surface area contributed by atoms with Gasteiger partial charge in [-0.3, -0.25) is 9.59 Å². The van der Waals surface area contributed by atoms with Crippen molar-refractivity contribution >= 4 is 23.2 Å². The van der Waals surface area contributed by atoms with Crippen molar-refractivity contribution in [2.45, 2.75) is 34.1 Å². The second kappa shape index (κ2) is 7.77. The molecular formula is C20H24N2O2. The van der Waals surface area contributed by atoms with Gasteiger partial charge in [-0.05, 0) is 50.1 Å². The SMILES string of the molecule is CC(=O)N(CCC(=O)Nc1cccc(C)c1)c1ccc(C)cc1C. The van der Waals surface area contributed by atoms with Gasteiger partial charge in [0, 0.05) is 31.3 Å². The van der Waals surface area contributed by atoms with E-state index in [1.807, 2.05) is 63.2 Å². The van der Waals surface area contributed by atoms with E-state index in [0.29, 0.717) is 6.54 Å².